The molecule has 4 heteroatoms. The van der Waals surface area contributed by atoms with Crippen LogP contribution in [-0.4, -0.2) is 35.0 Å². The third kappa shape index (κ3) is 3.14. The van der Waals surface area contributed by atoms with E-state index in [1.54, 1.807) is 12.4 Å². The second kappa shape index (κ2) is 6.01. The Labute approximate surface area is 119 Å². The standard InChI is InChI=1S/C16H19N3O/c1-19-10-4-5-13(12-19)15-7-2-8-16(18-15)20-14-6-3-9-17-11-14/h2-3,6-9,11,13H,4-5,10,12H2,1H3/t13-/m1/s1. The Morgan fingerprint density at radius 3 is 3.00 bits per heavy atom. The fourth-order valence-electron chi connectivity index (χ4n) is 2.65. The molecule has 0 radical (unpaired) electrons. The minimum atomic E-state index is 0.506. The van der Waals surface area contributed by atoms with Gasteiger partial charge in [0.2, 0.25) is 5.88 Å². The van der Waals surface area contributed by atoms with E-state index in [0.717, 1.165) is 18.0 Å². The first kappa shape index (κ1) is 13.1. The smallest absolute Gasteiger partial charge is 0.219 e. The molecule has 1 aliphatic rings. The van der Waals surface area contributed by atoms with Crippen molar-refractivity contribution < 1.29 is 4.74 Å². The van der Waals surface area contributed by atoms with Crippen LogP contribution >= 0.6 is 0 Å². The van der Waals surface area contributed by atoms with Crippen molar-refractivity contribution in [3.63, 3.8) is 0 Å². The normalized spacial score (nSPS) is 19.8. The molecule has 0 unspecified atom stereocenters. The molecule has 2 aromatic heterocycles. The summed E-state index contributed by atoms with van der Waals surface area (Å²) in [4.78, 5) is 11.1. The van der Waals surface area contributed by atoms with Crippen molar-refractivity contribution in [2.45, 2.75) is 18.8 Å². The van der Waals surface area contributed by atoms with Gasteiger partial charge in [0.15, 0.2) is 0 Å². The number of aromatic nitrogens is 2. The predicted molar refractivity (Wildman–Crippen MR) is 78.0 cm³/mol. The number of hydrogen-bond donors (Lipinski definition) is 0. The number of rotatable bonds is 3. The topological polar surface area (TPSA) is 38.2 Å². The fourth-order valence-corrected chi connectivity index (χ4v) is 2.65. The van der Waals surface area contributed by atoms with Gasteiger partial charge in [-0.15, -0.1) is 0 Å². The maximum absolute atomic E-state index is 5.75. The first-order chi connectivity index (χ1) is 9.81. The highest BCUT2D eigenvalue weighted by Gasteiger charge is 2.20. The second-order valence-corrected chi connectivity index (χ2v) is 5.29. The van der Waals surface area contributed by atoms with Gasteiger partial charge < -0.3 is 9.64 Å². The van der Waals surface area contributed by atoms with E-state index in [-0.39, 0.29) is 0 Å². The molecule has 1 fully saturated rings. The lowest BCUT2D eigenvalue weighted by molar-refractivity contribution is 0.248. The van der Waals surface area contributed by atoms with Crippen molar-refractivity contribution >= 4 is 0 Å². The molecule has 3 rings (SSSR count). The predicted octanol–water partition coefficient (Wildman–Crippen LogP) is 3.08. The largest absolute Gasteiger partial charge is 0.437 e. The van der Waals surface area contributed by atoms with E-state index in [2.05, 4.69) is 28.0 Å². The van der Waals surface area contributed by atoms with E-state index in [9.17, 15) is 0 Å². The van der Waals surface area contributed by atoms with E-state index in [1.165, 1.54) is 19.4 Å². The number of hydrogen-bond acceptors (Lipinski definition) is 4. The number of pyridine rings is 2. The molecule has 20 heavy (non-hydrogen) atoms. The number of ether oxygens (including phenoxy) is 1. The van der Waals surface area contributed by atoms with Crippen LogP contribution in [0.4, 0.5) is 0 Å². The molecule has 1 aliphatic heterocycles. The van der Waals surface area contributed by atoms with Crippen molar-refractivity contribution in [2.24, 2.45) is 0 Å². The van der Waals surface area contributed by atoms with Crippen LogP contribution in [0.2, 0.25) is 0 Å². The Morgan fingerprint density at radius 1 is 1.25 bits per heavy atom. The zero-order valence-electron chi connectivity index (χ0n) is 11.7. The fraction of sp³-hybridized carbons (Fsp3) is 0.375. The van der Waals surface area contributed by atoms with Crippen LogP contribution in [0.1, 0.15) is 24.5 Å². The molecule has 1 saturated heterocycles. The summed E-state index contributed by atoms with van der Waals surface area (Å²) in [6.07, 6.45) is 5.86. The average Bonchev–Trinajstić information content (AvgIpc) is 2.49. The van der Waals surface area contributed by atoms with Gasteiger partial charge in [0.1, 0.15) is 5.75 Å². The Kier molecular flexibility index (Phi) is 3.92. The molecule has 0 amide bonds. The Morgan fingerprint density at radius 2 is 2.20 bits per heavy atom. The maximum atomic E-state index is 5.75. The first-order valence-electron chi connectivity index (χ1n) is 7.04. The lowest BCUT2D eigenvalue weighted by Gasteiger charge is -2.29. The molecule has 104 valence electrons. The van der Waals surface area contributed by atoms with Crippen molar-refractivity contribution in [2.75, 3.05) is 20.1 Å². The number of piperidine rings is 1. The summed E-state index contributed by atoms with van der Waals surface area (Å²) in [6, 6.07) is 9.75. The van der Waals surface area contributed by atoms with E-state index in [1.807, 2.05) is 24.3 Å². The third-order valence-corrected chi connectivity index (χ3v) is 3.64. The molecule has 0 saturated carbocycles. The van der Waals surface area contributed by atoms with Crippen LogP contribution in [0.25, 0.3) is 0 Å². The van der Waals surface area contributed by atoms with Gasteiger partial charge in [-0.05, 0) is 44.6 Å². The molecule has 2 aromatic rings. The molecular weight excluding hydrogens is 250 g/mol. The van der Waals surface area contributed by atoms with Crippen LogP contribution in [0.5, 0.6) is 11.6 Å². The summed E-state index contributed by atoms with van der Waals surface area (Å²) >= 11 is 0. The van der Waals surface area contributed by atoms with E-state index < -0.39 is 0 Å². The van der Waals surface area contributed by atoms with Crippen molar-refractivity contribution in [1.29, 1.82) is 0 Å². The van der Waals surface area contributed by atoms with Gasteiger partial charge in [-0.3, -0.25) is 4.98 Å². The number of likely N-dealkylation sites (N-methyl/N-ethyl adjacent to an activating group) is 1. The van der Waals surface area contributed by atoms with Gasteiger partial charge in [-0.1, -0.05) is 6.07 Å². The molecule has 0 spiro atoms. The van der Waals surface area contributed by atoms with Gasteiger partial charge in [0.05, 0.1) is 6.20 Å². The lowest BCUT2D eigenvalue weighted by atomic mass is 9.95. The average molecular weight is 269 g/mol. The third-order valence-electron chi connectivity index (χ3n) is 3.64. The molecule has 0 bridgehead atoms. The van der Waals surface area contributed by atoms with Crippen molar-refractivity contribution in [3.8, 4) is 11.6 Å². The van der Waals surface area contributed by atoms with Gasteiger partial charge in [-0.2, -0.15) is 0 Å². The quantitative estimate of drug-likeness (QED) is 0.858. The molecule has 3 heterocycles. The number of likely N-dealkylation sites (tertiary alicyclic amines) is 1. The summed E-state index contributed by atoms with van der Waals surface area (Å²) in [6.45, 7) is 2.26. The summed E-state index contributed by atoms with van der Waals surface area (Å²) in [5.74, 6) is 1.87. The first-order valence-corrected chi connectivity index (χ1v) is 7.04. The number of nitrogens with zero attached hydrogens (tertiary/aromatic N) is 3. The maximum Gasteiger partial charge on any atom is 0.219 e. The molecular formula is C16H19N3O. The van der Waals surface area contributed by atoms with Gasteiger partial charge in [0.25, 0.3) is 0 Å². The van der Waals surface area contributed by atoms with Gasteiger partial charge in [-0.25, -0.2) is 4.98 Å². The van der Waals surface area contributed by atoms with Crippen LogP contribution in [0.15, 0.2) is 42.7 Å². The van der Waals surface area contributed by atoms with Crippen LogP contribution < -0.4 is 4.74 Å². The van der Waals surface area contributed by atoms with Crippen LogP contribution in [0, 0.1) is 0 Å². The van der Waals surface area contributed by atoms with Crippen molar-refractivity contribution in [3.05, 3.63) is 48.4 Å². The Hall–Kier alpha value is -1.94. The van der Waals surface area contributed by atoms with E-state index in [0.29, 0.717) is 11.8 Å². The van der Waals surface area contributed by atoms with E-state index in [4.69, 9.17) is 4.74 Å². The highest BCUT2D eigenvalue weighted by atomic mass is 16.5. The summed E-state index contributed by atoms with van der Waals surface area (Å²) in [7, 11) is 2.17. The second-order valence-electron chi connectivity index (χ2n) is 5.29. The highest BCUT2D eigenvalue weighted by Crippen LogP contribution is 2.27. The summed E-state index contributed by atoms with van der Waals surface area (Å²) in [5.41, 5.74) is 1.12. The zero-order valence-corrected chi connectivity index (χ0v) is 11.7. The minimum absolute atomic E-state index is 0.506. The molecule has 0 aromatic carbocycles. The SMILES string of the molecule is CN1CCC[C@@H](c2cccc(Oc3cccnc3)n2)C1. The lowest BCUT2D eigenvalue weighted by Crippen LogP contribution is -2.31. The summed E-state index contributed by atoms with van der Waals surface area (Å²) in [5, 5.41) is 0. The zero-order chi connectivity index (χ0) is 13.8. The van der Waals surface area contributed by atoms with E-state index >= 15 is 0 Å². The van der Waals surface area contributed by atoms with Gasteiger partial charge >= 0.3 is 0 Å². The minimum Gasteiger partial charge on any atom is -0.437 e. The van der Waals surface area contributed by atoms with Crippen LogP contribution in [-0.2, 0) is 0 Å². The monoisotopic (exact) mass is 269 g/mol. The Bertz CT molecular complexity index is 559. The molecule has 1 atom stereocenters. The van der Waals surface area contributed by atoms with Gasteiger partial charge in [0, 0.05) is 30.4 Å². The summed E-state index contributed by atoms with van der Waals surface area (Å²) < 4.78 is 5.75. The highest BCUT2D eigenvalue weighted by molar-refractivity contribution is 5.25. The molecule has 4 nitrogen and oxygen atoms in total. The van der Waals surface area contributed by atoms with Crippen molar-refractivity contribution in [1.82, 2.24) is 14.9 Å². The Balaban J connectivity index is 1.75. The molecule has 0 aliphatic carbocycles. The van der Waals surface area contributed by atoms with Crippen LogP contribution in [0.3, 0.4) is 0 Å². The molecule has 0 N–H and O–H groups in total.